The van der Waals surface area contributed by atoms with E-state index >= 15 is 0 Å². The van der Waals surface area contributed by atoms with Crippen LogP contribution in [0.5, 0.6) is 0 Å². The van der Waals surface area contributed by atoms with Crippen molar-refractivity contribution in [3.8, 4) is 0 Å². The van der Waals surface area contributed by atoms with Gasteiger partial charge in [0.05, 0.1) is 17.6 Å². The second kappa shape index (κ2) is 4.58. The molecule has 2 heterocycles. The zero-order valence-corrected chi connectivity index (χ0v) is 12.3. The predicted octanol–water partition coefficient (Wildman–Crippen LogP) is 4.56. The summed E-state index contributed by atoms with van der Waals surface area (Å²) in [6, 6.07) is 6.86. The number of H-pyrrole nitrogens is 1. The van der Waals surface area contributed by atoms with Crippen LogP contribution in [0, 0.1) is 24.4 Å². The normalized spacial score (nSPS) is 11.3. The fourth-order valence-corrected chi connectivity index (χ4v) is 3.48. The lowest BCUT2D eigenvalue weighted by Gasteiger charge is -2.02. The second-order valence-electron chi connectivity index (χ2n) is 4.63. The molecule has 0 bridgehead atoms. The van der Waals surface area contributed by atoms with E-state index in [-0.39, 0.29) is 5.82 Å². The topological polar surface area (TPSA) is 20.7 Å². The maximum atomic E-state index is 13.4. The van der Waals surface area contributed by atoms with Crippen molar-refractivity contribution in [1.29, 1.82) is 0 Å². The number of aryl methyl sites for hydroxylation is 2. The molecule has 0 saturated carbocycles. The molecule has 3 rings (SSSR count). The summed E-state index contributed by atoms with van der Waals surface area (Å²) in [5.74, 6) is -0.242. The molecule has 2 nitrogen and oxygen atoms in total. The molecule has 0 spiro atoms. The van der Waals surface area contributed by atoms with Crippen LogP contribution in [-0.4, -0.2) is 9.55 Å². The van der Waals surface area contributed by atoms with Crippen molar-refractivity contribution in [2.75, 3.05) is 0 Å². The Kier molecular flexibility index (Phi) is 3.03. The van der Waals surface area contributed by atoms with Gasteiger partial charge in [-0.05, 0) is 55.9 Å². The van der Waals surface area contributed by atoms with E-state index in [1.807, 2.05) is 4.57 Å². The molecule has 1 aromatic carbocycles. The molecule has 0 aliphatic carbocycles. The molecule has 1 N–H and O–H groups in total. The summed E-state index contributed by atoms with van der Waals surface area (Å²) < 4.78 is 15.9. The molecule has 98 valence electrons. The van der Waals surface area contributed by atoms with Gasteiger partial charge < -0.3 is 9.55 Å². The SMILES string of the molecule is Cc1cc(Cn2c(=S)[nH]c3ccc(F)cc32)sc1C. The molecular formula is C14H13FN2S2. The van der Waals surface area contributed by atoms with E-state index in [1.165, 1.54) is 27.5 Å². The number of aromatic nitrogens is 2. The van der Waals surface area contributed by atoms with Gasteiger partial charge in [-0.1, -0.05) is 0 Å². The number of thiophene rings is 1. The minimum absolute atomic E-state index is 0.242. The zero-order chi connectivity index (χ0) is 13.6. The summed E-state index contributed by atoms with van der Waals surface area (Å²) in [6.45, 7) is 4.89. The van der Waals surface area contributed by atoms with Gasteiger partial charge in [0.1, 0.15) is 5.82 Å². The average Bonchev–Trinajstić information content (AvgIpc) is 2.82. The van der Waals surface area contributed by atoms with Crippen molar-refractivity contribution in [1.82, 2.24) is 9.55 Å². The third-order valence-electron chi connectivity index (χ3n) is 3.27. The van der Waals surface area contributed by atoms with Gasteiger partial charge in [-0.15, -0.1) is 11.3 Å². The van der Waals surface area contributed by atoms with Crippen LogP contribution < -0.4 is 0 Å². The van der Waals surface area contributed by atoms with E-state index in [2.05, 4.69) is 24.9 Å². The maximum absolute atomic E-state index is 13.4. The Balaban J connectivity index is 2.11. The Hall–Kier alpha value is -1.46. The first-order valence-electron chi connectivity index (χ1n) is 5.98. The Morgan fingerprint density at radius 1 is 1.32 bits per heavy atom. The smallest absolute Gasteiger partial charge is 0.178 e. The lowest BCUT2D eigenvalue weighted by molar-refractivity contribution is 0.628. The third-order valence-corrected chi connectivity index (χ3v) is 4.73. The van der Waals surface area contributed by atoms with Gasteiger partial charge in [-0.2, -0.15) is 0 Å². The highest BCUT2D eigenvalue weighted by molar-refractivity contribution is 7.71. The number of rotatable bonds is 2. The van der Waals surface area contributed by atoms with Gasteiger partial charge in [0.2, 0.25) is 0 Å². The number of hydrogen-bond acceptors (Lipinski definition) is 2. The van der Waals surface area contributed by atoms with Gasteiger partial charge in [-0.3, -0.25) is 0 Å². The molecule has 0 unspecified atom stereocenters. The summed E-state index contributed by atoms with van der Waals surface area (Å²) in [7, 11) is 0. The summed E-state index contributed by atoms with van der Waals surface area (Å²) >= 11 is 7.08. The first-order valence-corrected chi connectivity index (χ1v) is 7.21. The summed E-state index contributed by atoms with van der Waals surface area (Å²) in [5, 5.41) is 0. The summed E-state index contributed by atoms with van der Waals surface area (Å²) in [6.07, 6.45) is 0. The molecule has 0 saturated heterocycles. The van der Waals surface area contributed by atoms with Crippen LogP contribution in [0.4, 0.5) is 4.39 Å². The Morgan fingerprint density at radius 3 is 2.79 bits per heavy atom. The molecule has 3 aromatic rings. The van der Waals surface area contributed by atoms with Crippen LogP contribution in [0.15, 0.2) is 24.3 Å². The summed E-state index contributed by atoms with van der Waals surface area (Å²) in [4.78, 5) is 5.66. The Morgan fingerprint density at radius 2 is 2.11 bits per heavy atom. The minimum Gasteiger partial charge on any atom is -0.331 e. The Labute approximate surface area is 119 Å². The standard InChI is InChI=1S/C14H13FN2S2/c1-8-5-11(19-9(8)2)7-17-13-6-10(15)3-4-12(13)16-14(17)18/h3-6H,7H2,1-2H3,(H,16,18). The van der Waals surface area contributed by atoms with Crippen molar-refractivity contribution in [3.05, 3.63) is 50.2 Å². The highest BCUT2D eigenvalue weighted by atomic mass is 32.1. The van der Waals surface area contributed by atoms with Crippen molar-refractivity contribution < 1.29 is 4.39 Å². The van der Waals surface area contributed by atoms with E-state index in [0.717, 1.165) is 11.0 Å². The quantitative estimate of drug-likeness (QED) is 0.686. The number of halogens is 1. The van der Waals surface area contributed by atoms with Crippen LogP contribution in [-0.2, 0) is 6.54 Å². The predicted molar refractivity (Wildman–Crippen MR) is 80.0 cm³/mol. The largest absolute Gasteiger partial charge is 0.331 e. The van der Waals surface area contributed by atoms with E-state index in [4.69, 9.17) is 12.2 Å². The molecule has 0 aliphatic rings. The van der Waals surface area contributed by atoms with E-state index in [1.54, 1.807) is 17.4 Å². The van der Waals surface area contributed by atoms with Gasteiger partial charge >= 0.3 is 0 Å². The molecule has 0 atom stereocenters. The van der Waals surface area contributed by atoms with Gasteiger partial charge in [0.15, 0.2) is 4.77 Å². The van der Waals surface area contributed by atoms with E-state index in [9.17, 15) is 4.39 Å². The molecule has 0 aliphatic heterocycles. The maximum Gasteiger partial charge on any atom is 0.178 e. The molecular weight excluding hydrogens is 279 g/mol. The average molecular weight is 292 g/mol. The molecule has 19 heavy (non-hydrogen) atoms. The van der Waals surface area contributed by atoms with E-state index in [0.29, 0.717) is 11.3 Å². The van der Waals surface area contributed by atoms with Gasteiger partial charge in [0, 0.05) is 9.75 Å². The highest BCUT2D eigenvalue weighted by Crippen LogP contribution is 2.24. The number of aromatic amines is 1. The van der Waals surface area contributed by atoms with Gasteiger partial charge in [-0.25, -0.2) is 4.39 Å². The fourth-order valence-electron chi connectivity index (χ4n) is 2.17. The van der Waals surface area contributed by atoms with Crippen LogP contribution >= 0.6 is 23.6 Å². The summed E-state index contributed by atoms with van der Waals surface area (Å²) in [5.41, 5.74) is 2.97. The fraction of sp³-hybridized carbons (Fsp3) is 0.214. The highest BCUT2D eigenvalue weighted by Gasteiger charge is 2.08. The molecule has 2 aromatic heterocycles. The first kappa shape index (κ1) is 12.6. The van der Waals surface area contributed by atoms with Crippen molar-refractivity contribution in [2.24, 2.45) is 0 Å². The van der Waals surface area contributed by atoms with E-state index < -0.39 is 0 Å². The third kappa shape index (κ3) is 2.24. The van der Waals surface area contributed by atoms with Crippen LogP contribution in [0.1, 0.15) is 15.3 Å². The molecule has 0 radical (unpaired) electrons. The molecule has 5 heteroatoms. The number of fused-ring (bicyclic) bond motifs is 1. The van der Waals surface area contributed by atoms with Crippen molar-refractivity contribution >= 4 is 34.6 Å². The second-order valence-corrected chi connectivity index (χ2v) is 6.36. The number of imidazole rings is 1. The Bertz CT molecular complexity index is 791. The van der Waals surface area contributed by atoms with Crippen molar-refractivity contribution in [2.45, 2.75) is 20.4 Å². The monoisotopic (exact) mass is 292 g/mol. The lowest BCUT2D eigenvalue weighted by Crippen LogP contribution is -1.97. The zero-order valence-electron chi connectivity index (χ0n) is 10.7. The minimum atomic E-state index is -0.242. The van der Waals surface area contributed by atoms with Crippen LogP contribution in [0.2, 0.25) is 0 Å². The van der Waals surface area contributed by atoms with Crippen molar-refractivity contribution in [3.63, 3.8) is 0 Å². The number of nitrogens with one attached hydrogen (secondary N) is 1. The number of nitrogens with zero attached hydrogens (tertiary/aromatic N) is 1. The lowest BCUT2D eigenvalue weighted by atomic mass is 10.3. The molecule has 0 amide bonds. The van der Waals surface area contributed by atoms with Gasteiger partial charge in [0.25, 0.3) is 0 Å². The van der Waals surface area contributed by atoms with Crippen LogP contribution in [0.3, 0.4) is 0 Å². The number of benzene rings is 1. The number of hydrogen-bond donors (Lipinski definition) is 1. The molecule has 0 fully saturated rings. The first-order chi connectivity index (χ1) is 9.04. The van der Waals surface area contributed by atoms with Crippen LogP contribution in [0.25, 0.3) is 11.0 Å².